The van der Waals surface area contributed by atoms with Crippen LogP contribution in [0, 0.1) is 12.7 Å². The van der Waals surface area contributed by atoms with Crippen LogP contribution in [0.5, 0.6) is 0 Å². The van der Waals surface area contributed by atoms with E-state index in [1.807, 2.05) is 18.3 Å². The number of rotatable bonds is 5. The Morgan fingerprint density at radius 2 is 2.16 bits per heavy atom. The Balaban J connectivity index is 2.06. The van der Waals surface area contributed by atoms with Crippen LogP contribution in [0.3, 0.4) is 0 Å². The molecule has 1 unspecified atom stereocenters. The minimum absolute atomic E-state index is 0.162. The van der Waals surface area contributed by atoms with Crippen LogP contribution in [-0.4, -0.2) is 4.98 Å². The quantitative estimate of drug-likeness (QED) is 0.883. The van der Waals surface area contributed by atoms with Crippen molar-refractivity contribution in [1.82, 2.24) is 10.3 Å². The van der Waals surface area contributed by atoms with Gasteiger partial charge in [0.05, 0.1) is 0 Å². The van der Waals surface area contributed by atoms with Crippen LogP contribution < -0.4 is 5.32 Å². The summed E-state index contributed by atoms with van der Waals surface area (Å²) in [6.45, 7) is 4.91. The first-order valence-electron chi connectivity index (χ1n) is 6.59. The maximum atomic E-state index is 13.3. The number of nitrogens with one attached hydrogen (secondary N) is 1. The van der Waals surface area contributed by atoms with Crippen molar-refractivity contribution in [2.24, 2.45) is 0 Å². The summed E-state index contributed by atoms with van der Waals surface area (Å²) < 4.78 is 13.3. The molecule has 1 atom stereocenters. The number of halogens is 1. The molecule has 1 aromatic carbocycles. The molecule has 1 N–H and O–H groups in total. The van der Waals surface area contributed by atoms with Crippen molar-refractivity contribution in [3.05, 3.63) is 65.2 Å². The Bertz CT molecular complexity index is 540. The lowest BCUT2D eigenvalue weighted by Crippen LogP contribution is -2.21. The fourth-order valence-electron chi connectivity index (χ4n) is 2.14. The second kappa shape index (κ2) is 6.43. The lowest BCUT2D eigenvalue weighted by molar-refractivity contribution is 0.513. The molecule has 0 fully saturated rings. The normalized spacial score (nSPS) is 12.4. The van der Waals surface area contributed by atoms with E-state index >= 15 is 0 Å². The maximum Gasteiger partial charge on any atom is 0.123 e. The van der Waals surface area contributed by atoms with E-state index in [1.54, 1.807) is 18.3 Å². The van der Waals surface area contributed by atoms with Crippen LogP contribution in [0.4, 0.5) is 4.39 Å². The molecule has 0 radical (unpaired) electrons. The van der Waals surface area contributed by atoms with Gasteiger partial charge in [-0.2, -0.15) is 0 Å². The monoisotopic (exact) mass is 258 g/mol. The van der Waals surface area contributed by atoms with Crippen LogP contribution in [0.25, 0.3) is 0 Å². The Morgan fingerprint density at radius 3 is 2.84 bits per heavy atom. The highest BCUT2D eigenvalue weighted by molar-refractivity contribution is 5.23. The van der Waals surface area contributed by atoms with Gasteiger partial charge in [0.15, 0.2) is 0 Å². The van der Waals surface area contributed by atoms with E-state index in [2.05, 4.69) is 24.1 Å². The third-order valence-corrected chi connectivity index (χ3v) is 3.35. The maximum absolute atomic E-state index is 13.3. The summed E-state index contributed by atoms with van der Waals surface area (Å²) >= 11 is 0. The molecular weight excluding hydrogens is 239 g/mol. The number of hydrogen-bond acceptors (Lipinski definition) is 2. The number of hydrogen-bond donors (Lipinski definition) is 1. The van der Waals surface area contributed by atoms with Gasteiger partial charge in [-0.3, -0.25) is 4.98 Å². The second-order valence-electron chi connectivity index (χ2n) is 4.70. The van der Waals surface area contributed by atoms with Gasteiger partial charge in [-0.1, -0.05) is 19.1 Å². The molecule has 1 aromatic heterocycles. The van der Waals surface area contributed by atoms with Gasteiger partial charge in [-0.25, -0.2) is 4.39 Å². The van der Waals surface area contributed by atoms with Crippen LogP contribution in [0.1, 0.15) is 36.1 Å². The molecule has 0 spiro atoms. The average molecular weight is 258 g/mol. The largest absolute Gasteiger partial charge is 0.306 e. The zero-order chi connectivity index (χ0) is 13.7. The molecule has 100 valence electrons. The molecular formula is C16H19FN2. The zero-order valence-corrected chi connectivity index (χ0v) is 11.4. The third kappa shape index (κ3) is 3.61. The fourth-order valence-corrected chi connectivity index (χ4v) is 2.14. The summed E-state index contributed by atoms with van der Waals surface area (Å²) in [6.07, 6.45) is 4.59. The summed E-state index contributed by atoms with van der Waals surface area (Å²) in [5.74, 6) is -0.185. The van der Waals surface area contributed by atoms with Gasteiger partial charge in [-0.05, 0) is 48.2 Å². The molecule has 0 aliphatic carbocycles. The van der Waals surface area contributed by atoms with Gasteiger partial charge in [0.1, 0.15) is 5.82 Å². The SMILES string of the molecule is CCC(NCc1cnccc1C)c1cccc(F)c1. The second-order valence-corrected chi connectivity index (χ2v) is 4.70. The Labute approximate surface area is 113 Å². The lowest BCUT2D eigenvalue weighted by atomic mass is 10.0. The van der Waals surface area contributed by atoms with Gasteiger partial charge in [0.25, 0.3) is 0 Å². The molecule has 0 bridgehead atoms. The molecule has 2 nitrogen and oxygen atoms in total. The van der Waals surface area contributed by atoms with E-state index in [4.69, 9.17) is 0 Å². The van der Waals surface area contributed by atoms with Crippen molar-refractivity contribution in [3.63, 3.8) is 0 Å². The molecule has 0 amide bonds. The third-order valence-electron chi connectivity index (χ3n) is 3.35. The molecule has 0 aliphatic heterocycles. The predicted molar refractivity (Wildman–Crippen MR) is 75.2 cm³/mol. The van der Waals surface area contributed by atoms with Crippen molar-refractivity contribution in [3.8, 4) is 0 Å². The Kier molecular flexibility index (Phi) is 4.63. The van der Waals surface area contributed by atoms with E-state index < -0.39 is 0 Å². The summed E-state index contributed by atoms with van der Waals surface area (Å²) in [5, 5.41) is 3.46. The first-order chi connectivity index (χ1) is 9.20. The number of benzene rings is 1. The van der Waals surface area contributed by atoms with Gasteiger partial charge in [0, 0.05) is 25.0 Å². The first-order valence-corrected chi connectivity index (χ1v) is 6.59. The van der Waals surface area contributed by atoms with Gasteiger partial charge >= 0.3 is 0 Å². The van der Waals surface area contributed by atoms with Crippen molar-refractivity contribution < 1.29 is 4.39 Å². The smallest absolute Gasteiger partial charge is 0.123 e. The van der Waals surface area contributed by atoms with Crippen molar-refractivity contribution in [2.75, 3.05) is 0 Å². The minimum atomic E-state index is -0.185. The number of pyridine rings is 1. The lowest BCUT2D eigenvalue weighted by Gasteiger charge is -2.18. The van der Waals surface area contributed by atoms with Crippen LogP contribution in [0.2, 0.25) is 0 Å². The van der Waals surface area contributed by atoms with Gasteiger partial charge in [0.2, 0.25) is 0 Å². The van der Waals surface area contributed by atoms with Crippen LogP contribution >= 0.6 is 0 Å². The van der Waals surface area contributed by atoms with E-state index in [9.17, 15) is 4.39 Å². The number of aromatic nitrogens is 1. The van der Waals surface area contributed by atoms with Crippen LogP contribution in [-0.2, 0) is 6.54 Å². The van der Waals surface area contributed by atoms with Gasteiger partial charge < -0.3 is 5.32 Å². The highest BCUT2D eigenvalue weighted by Gasteiger charge is 2.10. The highest BCUT2D eigenvalue weighted by Crippen LogP contribution is 2.18. The molecule has 0 saturated carbocycles. The predicted octanol–water partition coefficient (Wildman–Crippen LogP) is 3.77. The molecule has 2 aromatic rings. The summed E-state index contributed by atoms with van der Waals surface area (Å²) in [6, 6.07) is 8.94. The number of aryl methyl sites for hydroxylation is 1. The summed E-state index contributed by atoms with van der Waals surface area (Å²) in [4.78, 5) is 4.14. The van der Waals surface area contributed by atoms with Gasteiger partial charge in [-0.15, -0.1) is 0 Å². The molecule has 0 aliphatic rings. The van der Waals surface area contributed by atoms with E-state index in [0.717, 1.165) is 18.5 Å². The highest BCUT2D eigenvalue weighted by atomic mass is 19.1. The standard InChI is InChI=1S/C16H19FN2/c1-3-16(13-5-4-6-15(17)9-13)19-11-14-10-18-8-7-12(14)2/h4-10,16,19H,3,11H2,1-2H3. The Morgan fingerprint density at radius 1 is 1.32 bits per heavy atom. The Hall–Kier alpha value is -1.74. The summed E-state index contributed by atoms with van der Waals surface area (Å²) in [7, 11) is 0. The minimum Gasteiger partial charge on any atom is -0.306 e. The van der Waals surface area contributed by atoms with E-state index in [-0.39, 0.29) is 11.9 Å². The molecule has 3 heteroatoms. The average Bonchev–Trinajstić information content (AvgIpc) is 2.41. The topological polar surface area (TPSA) is 24.9 Å². The van der Waals surface area contributed by atoms with E-state index in [1.165, 1.54) is 17.2 Å². The first kappa shape index (κ1) is 13.7. The van der Waals surface area contributed by atoms with E-state index in [0.29, 0.717) is 0 Å². The van der Waals surface area contributed by atoms with Crippen LogP contribution in [0.15, 0.2) is 42.7 Å². The molecule has 2 rings (SSSR count). The zero-order valence-electron chi connectivity index (χ0n) is 11.4. The molecule has 1 heterocycles. The summed E-state index contributed by atoms with van der Waals surface area (Å²) in [5.41, 5.74) is 3.39. The van der Waals surface area contributed by atoms with Crippen molar-refractivity contribution >= 4 is 0 Å². The fraction of sp³-hybridized carbons (Fsp3) is 0.312. The van der Waals surface area contributed by atoms with Crippen molar-refractivity contribution in [2.45, 2.75) is 32.9 Å². The van der Waals surface area contributed by atoms with Crippen molar-refractivity contribution in [1.29, 1.82) is 0 Å². The number of nitrogens with zero attached hydrogens (tertiary/aromatic N) is 1. The molecule has 19 heavy (non-hydrogen) atoms. The molecule has 0 saturated heterocycles.